The molecule has 2 aromatic carbocycles. The smallest absolute Gasteiger partial charge is 0.349 e. The third kappa shape index (κ3) is 4.45. The van der Waals surface area contributed by atoms with Crippen molar-refractivity contribution in [3.63, 3.8) is 0 Å². The normalized spacial score (nSPS) is 18.1. The number of nitrogens with zero attached hydrogens (tertiary/aromatic N) is 1. The van der Waals surface area contributed by atoms with E-state index in [2.05, 4.69) is 5.32 Å². The van der Waals surface area contributed by atoms with Gasteiger partial charge in [0, 0.05) is 29.1 Å². The van der Waals surface area contributed by atoms with Crippen molar-refractivity contribution >= 4 is 77.5 Å². The molecule has 2 N–H and O–H groups in total. The van der Waals surface area contributed by atoms with E-state index in [-0.39, 0.29) is 52.0 Å². The quantitative estimate of drug-likeness (QED) is 0.408. The van der Waals surface area contributed by atoms with Gasteiger partial charge in [0.05, 0.1) is 15.7 Å². The number of alkyl halides is 2. The number of amides is 4. The first kappa shape index (κ1) is 26.0. The minimum atomic E-state index is -4.03. The standard InChI is InChI=1S/C22H14B4ClF2N3O4/c23-13-7-11-12(8-32(19(11)35)14-5-6-15(33)30-18(14)34)17(24)16(13)22(25,26)31-20(36)21(28,29)9-1-3-10(27)4-2-9/h1-4,7,14H,5-6,8H2,(H,31,36)(H,30,33,34). The van der Waals surface area contributed by atoms with Gasteiger partial charge in [-0.25, -0.2) is 0 Å². The number of benzene rings is 2. The fraction of sp³-hybridized carbons (Fsp3) is 0.273. The number of rotatable bonds is 5. The van der Waals surface area contributed by atoms with Crippen LogP contribution in [0.2, 0.25) is 5.02 Å². The largest absolute Gasteiger partial charge is 0.358 e. The van der Waals surface area contributed by atoms with Crippen molar-refractivity contribution < 1.29 is 28.0 Å². The van der Waals surface area contributed by atoms with Crippen molar-refractivity contribution in [2.45, 2.75) is 36.7 Å². The van der Waals surface area contributed by atoms with Gasteiger partial charge in [0.2, 0.25) is 11.8 Å². The summed E-state index contributed by atoms with van der Waals surface area (Å²) in [7, 11) is 24.3. The molecule has 0 aliphatic carbocycles. The summed E-state index contributed by atoms with van der Waals surface area (Å²) in [6.07, 6.45) is 0.155. The highest BCUT2D eigenvalue weighted by Gasteiger charge is 2.44. The Labute approximate surface area is 215 Å². The predicted octanol–water partition coefficient (Wildman–Crippen LogP) is -0.956. The van der Waals surface area contributed by atoms with E-state index in [0.717, 1.165) is 12.1 Å². The van der Waals surface area contributed by atoms with Gasteiger partial charge in [0.1, 0.15) is 21.7 Å². The molecule has 174 valence electrons. The third-order valence-corrected chi connectivity index (χ3v) is 6.39. The van der Waals surface area contributed by atoms with Crippen LogP contribution in [0.25, 0.3) is 0 Å². The average molecular weight is 501 g/mol. The summed E-state index contributed by atoms with van der Waals surface area (Å²) < 4.78 is 29.6. The zero-order valence-electron chi connectivity index (χ0n) is 18.6. The Bertz CT molecular complexity index is 1310. The molecule has 1 saturated heterocycles. The van der Waals surface area contributed by atoms with E-state index in [1.54, 1.807) is 0 Å². The van der Waals surface area contributed by atoms with E-state index in [1.807, 2.05) is 5.32 Å². The molecule has 36 heavy (non-hydrogen) atoms. The Kier molecular flexibility index (Phi) is 6.58. The second-order valence-corrected chi connectivity index (χ2v) is 9.02. The van der Waals surface area contributed by atoms with Gasteiger partial charge in [-0.3, -0.25) is 24.5 Å². The molecule has 0 aromatic heterocycles. The van der Waals surface area contributed by atoms with Gasteiger partial charge in [0.25, 0.3) is 11.8 Å². The SMILES string of the molecule is [B]c1cc2c(c([B])c1C([B])([B])NC(=O)C(F)(F)c1ccc(Cl)cc1)CN(C1CCC(=O)NC1=O)C2=O. The molecule has 1 atom stereocenters. The van der Waals surface area contributed by atoms with Gasteiger partial charge >= 0.3 is 5.92 Å². The maximum absolute atomic E-state index is 14.8. The fourth-order valence-corrected chi connectivity index (χ4v) is 4.46. The van der Waals surface area contributed by atoms with E-state index in [9.17, 15) is 28.0 Å². The van der Waals surface area contributed by atoms with Crippen LogP contribution < -0.4 is 21.6 Å². The summed E-state index contributed by atoms with van der Waals surface area (Å²) in [6.45, 7) is -0.148. The number of fused-ring (bicyclic) bond motifs is 1. The molecule has 8 radical (unpaired) electrons. The van der Waals surface area contributed by atoms with Crippen LogP contribution in [0.4, 0.5) is 8.78 Å². The van der Waals surface area contributed by atoms with Gasteiger partial charge in [-0.1, -0.05) is 46.3 Å². The molecule has 4 amide bonds. The van der Waals surface area contributed by atoms with Gasteiger partial charge in [-0.15, -0.1) is 0 Å². The maximum atomic E-state index is 14.8. The molecule has 2 heterocycles. The molecule has 7 nitrogen and oxygen atoms in total. The van der Waals surface area contributed by atoms with Crippen LogP contribution in [-0.2, 0) is 32.2 Å². The first-order valence-electron chi connectivity index (χ1n) is 10.6. The molecule has 0 spiro atoms. The van der Waals surface area contributed by atoms with E-state index in [0.29, 0.717) is 0 Å². The Morgan fingerprint density at radius 2 is 1.78 bits per heavy atom. The first-order valence-corrected chi connectivity index (χ1v) is 11.0. The molecule has 1 fully saturated rings. The summed E-state index contributed by atoms with van der Waals surface area (Å²) in [5.41, 5.74) is -1.10. The number of carbonyl (C=O) groups excluding carboxylic acids is 4. The highest BCUT2D eigenvalue weighted by Crippen LogP contribution is 2.31. The zero-order valence-corrected chi connectivity index (χ0v) is 19.4. The number of piperidine rings is 1. The fourth-order valence-electron chi connectivity index (χ4n) is 4.34. The van der Waals surface area contributed by atoms with Crippen molar-refractivity contribution in [3.05, 3.63) is 57.6 Å². The lowest BCUT2D eigenvalue weighted by atomic mass is 9.52. The molecule has 0 bridgehead atoms. The van der Waals surface area contributed by atoms with E-state index in [1.165, 1.54) is 23.1 Å². The van der Waals surface area contributed by atoms with Crippen LogP contribution >= 0.6 is 11.6 Å². The van der Waals surface area contributed by atoms with E-state index in [4.69, 9.17) is 43.0 Å². The minimum absolute atomic E-state index is 0.0436. The molecule has 2 aromatic rings. The Morgan fingerprint density at radius 3 is 2.39 bits per heavy atom. The topological polar surface area (TPSA) is 95.6 Å². The van der Waals surface area contributed by atoms with Gasteiger partial charge < -0.3 is 10.2 Å². The number of hydrogen-bond acceptors (Lipinski definition) is 4. The summed E-state index contributed by atoms with van der Waals surface area (Å²) in [6, 6.07) is 4.61. The summed E-state index contributed by atoms with van der Waals surface area (Å²) in [5, 5.41) is 1.78. The lowest BCUT2D eigenvalue weighted by molar-refractivity contribution is -0.147. The van der Waals surface area contributed by atoms with Crippen LogP contribution in [0.3, 0.4) is 0 Å². The highest BCUT2D eigenvalue weighted by molar-refractivity contribution is 6.49. The predicted molar refractivity (Wildman–Crippen MR) is 130 cm³/mol. The second kappa shape index (κ2) is 9.10. The number of imide groups is 1. The third-order valence-electron chi connectivity index (χ3n) is 6.14. The van der Waals surface area contributed by atoms with Crippen LogP contribution in [0.1, 0.15) is 39.9 Å². The van der Waals surface area contributed by atoms with Crippen molar-refractivity contribution in [3.8, 4) is 0 Å². The van der Waals surface area contributed by atoms with Gasteiger partial charge in [-0.2, -0.15) is 8.78 Å². The van der Waals surface area contributed by atoms with E-state index >= 15 is 0 Å². The first-order chi connectivity index (χ1) is 16.7. The molecule has 0 saturated carbocycles. The average Bonchev–Trinajstić information content (AvgIpc) is 3.10. The second-order valence-electron chi connectivity index (χ2n) is 8.58. The number of hydrogen-bond donors (Lipinski definition) is 2. The number of halogens is 3. The molecular formula is C22H14B4ClF2N3O4. The van der Waals surface area contributed by atoms with Crippen LogP contribution in [-0.4, -0.2) is 66.0 Å². The van der Waals surface area contributed by atoms with E-state index < -0.39 is 46.5 Å². The molecule has 14 heteroatoms. The number of carbonyl (C=O) groups is 4. The minimum Gasteiger partial charge on any atom is -0.358 e. The maximum Gasteiger partial charge on any atom is 0.349 e. The van der Waals surface area contributed by atoms with Gasteiger partial charge in [-0.05, 0) is 29.5 Å². The Balaban J connectivity index is 1.63. The van der Waals surface area contributed by atoms with Crippen molar-refractivity contribution in [2.75, 3.05) is 0 Å². The van der Waals surface area contributed by atoms with Crippen molar-refractivity contribution in [1.29, 1.82) is 0 Å². The lowest BCUT2D eigenvalue weighted by Gasteiger charge is -2.34. The van der Waals surface area contributed by atoms with Crippen LogP contribution in [0, 0.1) is 0 Å². The summed E-state index contributed by atoms with van der Waals surface area (Å²) in [5.74, 6) is -7.51. The highest BCUT2D eigenvalue weighted by atomic mass is 35.5. The molecule has 2 aliphatic heterocycles. The Morgan fingerprint density at radius 1 is 1.14 bits per heavy atom. The van der Waals surface area contributed by atoms with Crippen LogP contribution in [0.15, 0.2) is 30.3 Å². The van der Waals surface area contributed by atoms with Gasteiger partial charge in [0.15, 0.2) is 0 Å². The molecule has 2 aliphatic rings. The summed E-state index contributed by atoms with van der Waals surface area (Å²) >= 11 is 5.72. The lowest BCUT2D eigenvalue weighted by Crippen LogP contribution is -2.56. The van der Waals surface area contributed by atoms with Crippen LogP contribution in [0.5, 0.6) is 0 Å². The Hall–Kier alpha value is -3.07. The summed E-state index contributed by atoms with van der Waals surface area (Å²) in [4.78, 5) is 50.4. The monoisotopic (exact) mass is 501 g/mol. The molecule has 4 rings (SSSR count). The molecular weight excluding hydrogens is 487 g/mol. The molecule has 1 unspecified atom stereocenters. The zero-order chi connectivity index (χ0) is 26.6. The van der Waals surface area contributed by atoms with Crippen molar-refractivity contribution in [2.24, 2.45) is 0 Å². The van der Waals surface area contributed by atoms with Crippen molar-refractivity contribution in [1.82, 2.24) is 15.5 Å². The number of nitrogens with one attached hydrogen (secondary N) is 2.